The molecule has 0 spiro atoms. The summed E-state index contributed by atoms with van der Waals surface area (Å²) in [4.78, 5) is 28.2. The molecular formula is C30H35ClFN3O5S. The summed E-state index contributed by atoms with van der Waals surface area (Å²) in [5.74, 6) is -1.13. The van der Waals surface area contributed by atoms with Crippen molar-refractivity contribution in [2.45, 2.75) is 57.6 Å². The van der Waals surface area contributed by atoms with E-state index in [1.165, 1.54) is 17.0 Å². The van der Waals surface area contributed by atoms with Crippen LogP contribution < -0.4 is 14.4 Å². The quantitative estimate of drug-likeness (QED) is 0.316. The zero-order valence-electron chi connectivity index (χ0n) is 23.7. The highest BCUT2D eigenvalue weighted by molar-refractivity contribution is 7.92. The van der Waals surface area contributed by atoms with Gasteiger partial charge in [-0.3, -0.25) is 13.9 Å². The van der Waals surface area contributed by atoms with E-state index in [4.69, 9.17) is 16.3 Å². The first-order valence-electron chi connectivity index (χ1n) is 13.1. The van der Waals surface area contributed by atoms with E-state index in [9.17, 15) is 22.4 Å². The van der Waals surface area contributed by atoms with Crippen molar-refractivity contribution in [1.82, 2.24) is 10.2 Å². The Morgan fingerprint density at radius 3 is 2.17 bits per heavy atom. The standard InChI is InChI=1S/C30H35ClFN3O5S/c1-6-40-25-15-13-24(14-16-25)35(41(38,39)26-17-11-23(32)12-18-26)20-28(36)34(19-22-9-7-8-10-27(22)31)21(2)29(37)33-30(3,4)5/h7-18,21H,6,19-20H2,1-5H3,(H,33,37)/t21-/m1/s1. The lowest BCUT2D eigenvalue weighted by molar-refractivity contribution is -0.140. The van der Waals surface area contributed by atoms with Gasteiger partial charge >= 0.3 is 0 Å². The number of ether oxygens (including phenoxy) is 1. The molecule has 3 aromatic rings. The molecule has 0 aromatic heterocycles. The molecule has 1 N–H and O–H groups in total. The molecule has 3 aromatic carbocycles. The highest BCUT2D eigenvalue weighted by atomic mass is 35.5. The van der Waals surface area contributed by atoms with Gasteiger partial charge in [-0.15, -0.1) is 0 Å². The zero-order chi connectivity index (χ0) is 30.4. The average Bonchev–Trinajstić information content (AvgIpc) is 2.90. The topological polar surface area (TPSA) is 96.0 Å². The number of sulfonamides is 1. The largest absolute Gasteiger partial charge is 0.494 e. The monoisotopic (exact) mass is 603 g/mol. The molecule has 0 fully saturated rings. The Kier molecular flexibility index (Phi) is 10.4. The number of hydrogen-bond acceptors (Lipinski definition) is 5. The van der Waals surface area contributed by atoms with E-state index in [0.29, 0.717) is 22.9 Å². The van der Waals surface area contributed by atoms with Crippen LogP contribution in [0.5, 0.6) is 5.75 Å². The minimum atomic E-state index is -4.33. The maximum atomic E-state index is 14.0. The first-order valence-corrected chi connectivity index (χ1v) is 14.9. The number of hydrogen-bond donors (Lipinski definition) is 1. The fourth-order valence-electron chi connectivity index (χ4n) is 4.00. The van der Waals surface area contributed by atoms with Crippen LogP contribution in [-0.4, -0.2) is 49.9 Å². The van der Waals surface area contributed by atoms with Crippen molar-refractivity contribution >= 4 is 39.1 Å². The minimum absolute atomic E-state index is 0.0368. The summed E-state index contributed by atoms with van der Waals surface area (Å²) < 4.78 is 47.7. The first-order chi connectivity index (χ1) is 19.2. The molecule has 0 saturated heterocycles. The molecule has 2 amide bonds. The zero-order valence-corrected chi connectivity index (χ0v) is 25.3. The number of carbonyl (C=O) groups excluding carboxylic acids is 2. The maximum absolute atomic E-state index is 14.0. The van der Waals surface area contributed by atoms with E-state index in [1.807, 2.05) is 27.7 Å². The Morgan fingerprint density at radius 1 is 1.00 bits per heavy atom. The summed E-state index contributed by atoms with van der Waals surface area (Å²) in [6, 6.07) is 16.5. The van der Waals surface area contributed by atoms with Gasteiger partial charge in [-0.05, 0) is 94.8 Å². The Labute approximate surface area is 246 Å². The van der Waals surface area contributed by atoms with E-state index in [-0.39, 0.29) is 17.1 Å². The number of carbonyl (C=O) groups is 2. The number of rotatable bonds is 11. The summed E-state index contributed by atoms with van der Waals surface area (Å²) in [5, 5.41) is 3.27. The van der Waals surface area contributed by atoms with Gasteiger partial charge in [0.1, 0.15) is 24.2 Å². The molecule has 0 radical (unpaired) electrons. The van der Waals surface area contributed by atoms with Gasteiger partial charge in [0.2, 0.25) is 11.8 Å². The number of benzene rings is 3. The molecule has 1 atom stereocenters. The van der Waals surface area contributed by atoms with Gasteiger partial charge in [-0.2, -0.15) is 0 Å². The molecule has 41 heavy (non-hydrogen) atoms. The molecule has 0 heterocycles. The summed E-state index contributed by atoms with van der Waals surface area (Å²) in [6.45, 7) is 8.60. The van der Waals surface area contributed by atoms with Gasteiger partial charge in [-0.1, -0.05) is 29.8 Å². The molecular weight excluding hydrogens is 569 g/mol. The van der Waals surface area contributed by atoms with Crippen molar-refractivity contribution in [1.29, 1.82) is 0 Å². The normalized spacial score (nSPS) is 12.4. The van der Waals surface area contributed by atoms with Crippen LogP contribution in [0.25, 0.3) is 0 Å². The van der Waals surface area contributed by atoms with Crippen molar-refractivity contribution in [2.24, 2.45) is 0 Å². The number of halogens is 2. The predicted molar refractivity (Wildman–Crippen MR) is 158 cm³/mol. The fourth-order valence-corrected chi connectivity index (χ4v) is 5.61. The van der Waals surface area contributed by atoms with Gasteiger partial charge in [0.05, 0.1) is 17.2 Å². The maximum Gasteiger partial charge on any atom is 0.264 e. The molecule has 0 bridgehead atoms. The number of nitrogens with zero attached hydrogens (tertiary/aromatic N) is 2. The molecule has 0 unspecified atom stereocenters. The average molecular weight is 604 g/mol. The highest BCUT2D eigenvalue weighted by Crippen LogP contribution is 2.27. The third kappa shape index (κ3) is 8.43. The molecule has 0 aliphatic rings. The van der Waals surface area contributed by atoms with E-state index in [1.54, 1.807) is 43.3 Å². The lowest BCUT2D eigenvalue weighted by atomic mass is 10.1. The molecule has 0 aliphatic carbocycles. The second kappa shape index (κ2) is 13.4. The Bertz CT molecular complexity index is 1460. The molecule has 0 saturated carbocycles. The van der Waals surface area contributed by atoms with Gasteiger partial charge in [-0.25, -0.2) is 12.8 Å². The summed E-state index contributed by atoms with van der Waals surface area (Å²) >= 11 is 6.38. The van der Waals surface area contributed by atoms with Crippen molar-refractivity contribution in [3.05, 3.63) is 89.2 Å². The summed E-state index contributed by atoms with van der Waals surface area (Å²) in [7, 11) is -4.33. The second-order valence-electron chi connectivity index (χ2n) is 10.4. The lowest BCUT2D eigenvalue weighted by Gasteiger charge is -2.33. The van der Waals surface area contributed by atoms with Crippen LogP contribution in [0, 0.1) is 5.82 Å². The predicted octanol–water partition coefficient (Wildman–Crippen LogP) is 5.41. The highest BCUT2D eigenvalue weighted by Gasteiger charge is 2.33. The van der Waals surface area contributed by atoms with Gasteiger partial charge in [0, 0.05) is 17.1 Å². The number of nitrogens with one attached hydrogen (secondary N) is 1. The van der Waals surface area contributed by atoms with Crippen molar-refractivity contribution in [3.8, 4) is 5.75 Å². The second-order valence-corrected chi connectivity index (χ2v) is 12.7. The van der Waals surface area contributed by atoms with E-state index in [0.717, 1.165) is 28.6 Å². The smallest absolute Gasteiger partial charge is 0.264 e. The third-order valence-electron chi connectivity index (χ3n) is 6.08. The van der Waals surface area contributed by atoms with Crippen LogP contribution in [0.4, 0.5) is 10.1 Å². The minimum Gasteiger partial charge on any atom is -0.494 e. The van der Waals surface area contributed by atoms with Crippen LogP contribution in [0.3, 0.4) is 0 Å². The summed E-state index contributed by atoms with van der Waals surface area (Å²) in [5.41, 5.74) is 0.215. The lowest BCUT2D eigenvalue weighted by Crippen LogP contribution is -2.54. The SMILES string of the molecule is CCOc1ccc(N(CC(=O)N(Cc2ccccc2Cl)[C@H](C)C(=O)NC(C)(C)C)S(=O)(=O)c2ccc(F)cc2)cc1. The van der Waals surface area contributed by atoms with Crippen LogP contribution in [0.15, 0.2) is 77.7 Å². The van der Waals surface area contributed by atoms with Crippen molar-refractivity contribution in [3.63, 3.8) is 0 Å². The fraction of sp³-hybridized carbons (Fsp3) is 0.333. The molecule has 0 aliphatic heterocycles. The third-order valence-corrected chi connectivity index (χ3v) is 8.24. The van der Waals surface area contributed by atoms with Crippen LogP contribution >= 0.6 is 11.6 Å². The van der Waals surface area contributed by atoms with Gasteiger partial charge < -0.3 is 15.0 Å². The first kappa shape index (κ1) is 31.9. The molecule has 220 valence electrons. The van der Waals surface area contributed by atoms with Gasteiger partial charge in [0.25, 0.3) is 10.0 Å². The van der Waals surface area contributed by atoms with Crippen LogP contribution in [-0.2, 0) is 26.2 Å². The molecule has 8 nitrogen and oxygen atoms in total. The Balaban J connectivity index is 2.05. The summed E-state index contributed by atoms with van der Waals surface area (Å²) in [6.07, 6.45) is 0. The number of amides is 2. The van der Waals surface area contributed by atoms with Crippen LogP contribution in [0.1, 0.15) is 40.2 Å². The van der Waals surface area contributed by atoms with E-state index >= 15 is 0 Å². The Morgan fingerprint density at radius 2 is 1.61 bits per heavy atom. The van der Waals surface area contributed by atoms with E-state index < -0.39 is 45.8 Å². The van der Waals surface area contributed by atoms with E-state index in [2.05, 4.69) is 5.32 Å². The molecule has 11 heteroatoms. The van der Waals surface area contributed by atoms with Crippen molar-refractivity contribution < 1.29 is 27.1 Å². The van der Waals surface area contributed by atoms with Crippen molar-refractivity contribution in [2.75, 3.05) is 17.5 Å². The molecule has 3 rings (SSSR count). The Hall–Kier alpha value is -3.63. The van der Waals surface area contributed by atoms with Gasteiger partial charge in [0.15, 0.2) is 0 Å². The van der Waals surface area contributed by atoms with Crippen LogP contribution in [0.2, 0.25) is 5.02 Å². The number of anilines is 1.